The van der Waals surface area contributed by atoms with E-state index in [1.807, 2.05) is 0 Å². The quantitative estimate of drug-likeness (QED) is 0.277. The number of anilines is 3. The lowest BCUT2D eigenvalue weighted by Gasteiger charge is -2.37. The van der Waals surface area contributed by atoms with Gasteiger partial charge in [-0.2, -0.15) is 26.3 Å². The first kappa shape index (κ1) is 29.7. The summed E-state index contributed by atoms with van der Waals surface area (Å²) in [5.41, 5.74) is -3.91. The van der Waals surface area contributed by atoms with Gasteiger partial charge < -0.3 is 25.1 Å². The highest BCUT2D eigenvalue weighted by Gasteiger charge is 2.40. The second-order valence-electron chi connectivity index (χ2n) is 9.66. The van der Waals surface area contributed by atoms with Gasteiger partial charge >= 0.3 is 24.4 Å². The summed E-state index contributed by atoms with van der Waals surface area (Å²) in [6.07, 6.45) is -9.43. The molecule has 0 bridgehead atoms. The Kier molecular flexibility index (Phi) is 8.22. The molecule has 2 aliphatic rings. The number of nitro groups is 1. The Bertz CT molecular complexity index is 1320. The van der Waals surface area contributed by atoms with Crippen molar-refractivity contribution in [2.24, 2.45) is 5.92 Å². The second-order valence-corrected chi connectivity index (χ2v) is 9.66. The van der Waals surface area contributed by atoms with Gasteiger partial charge in [0.1, 0.15) is 5.69 Å². The minimum absolute atomic E-state index is 0.00461. The minimum Gasteiger partial charge on any atom is -0.481 e. The number of rotatable bonds is 5. The van der Waals surface area contributed by atoms with Gasteiger partial charge in [0.2, 0.25) is 0 Å². The highest BCUT2D eigenvalue weighted by atomic mass is 19.4. The topological polar surface area (TPSA) is 119 Å². The van der Waals surface area contributed by atoms with Crippen LogP contribution in [0.3, 0.4) is 0 Å². The SMILES string of the molecule is O=C(O)C1CCN(c2cc(N3CCN(C(=O)Nc4ccccc4C(F)(F)F)CC3)c([N+](=O)[O-])cc2C(F)(F)F)CC1. The first-order valence-electron chi connectivity index (χ1n) is 12.5. The van der Waals surface area contributed by atoms with Crippen molar-refractivity contribution < 1.29 is 46.0 Å². The van der Waals surface area contributed by atoms with Crippen molar-refractivity contribution >= 4 is 34.7 Å². The van der Waals surface area contributed by atoms with E-state index < -0.39 is 57.7 Å². The van der Waals surface area contributed by atoms with Crippen molar-refractivity contribution in [1.82, 2.24) is 4.90 Å². The molecule has 0 atom stereocenters. The number of benzene rings is 2. The third-order valence-electron chi connectivity index (χ3n) is 7.16. The molecule has 0 spiro atoms. The number of halogens is 6. The summed E-state index contributed by atoms with van der Waals surface area (Å²) < 4.78 is 81.7. The zero-order chi connectivity index (χ0) is 30.1. The van der Waals surface area contributed by atoms with E-state index in [2.05, 4.69) is 5.32 Å². The number of piperazine rings is 1. The molecule has 2 aliphatic heterocycles. The van der Waals surface area contributed by atoms with E-state index in [1.165, 1.54) is 26.8 Å². The summed E-state index contributed by atoms with van der Waals surface area (Å²) in [4.78, 5) is 38.9. The van der Waals surface area contributed by atoms with Crippen LogP contribution in [0.2, 0.25) is 0 Å². The Morgan fingerprint density at radius 2 is 1.41 bits per heavy atom. The summed E-state index contributed by atoms with van der Waals surface area (Å²) in [6.45, 7) is -0.216. The van der Waals surface area contributed by atoms with Crippen molar-refractivity contribution in [1.29, 1.82) is 0 Å². The van der Waals surface area contributed by atoms with Crippen LogP contribution in [0.5, 0.6) is 0 Å². The number of carboxylic acids is 1. The third kappa shape index (κ3) is 6.57. The summed E-state index contributed by atoms with van der Waals surface area (Å²) in [7, 11) is 0. The van der Waals surface area contributed by atoms with E-state index in [-0.39, 0.29) is 63.5 Å². The van der Waals surface area contributed by atoms with E-state index in [1.54, 1.807) is 0 Å². The van der Waals surface area contributed by atoms with Gasteiger partial charge in [0, 0.05) is 45.3 Å². The fourth-order valence-electron chi connectivity index (χ4n) is 5.01. The molecule has 4 rings (SSSR count). The number of piperidine rings is 1. The van der Waals surface area contributed by atoms with E-state index in [0.717, 1.165) is 18.2 Å². The van der Waals surface area contributed by atoms with Crippen LogP contribution in [0.15, 0.2) is 36.4 Å². The molecular weight excluding hydrogens is 564 g/mol. The predicted octanol–water partition coefficient (Wildman–Crippen LogP) is 5.29. The lowest BCUT2D eigenvalue weighted by Crippen LogP contribution is -2.50. The average Bonchev–Trinajstić information content (AvgIpc) is 2.91. The normalized spacial score (nSPS) is 17.0. The second kappa shape index (κ2) is 11.3. The van der Waals surface area contributed by atoms with E-state index in [0.29, 0.717) is 6.07 Å². The lowest BCUT2D eigenvalue weighted by molar-refractivity contribution is -0.384. The molecule has 0 saturated carbocycles. The zero-order valence-electron chi connectivity index (χ0n) is 21.3. The number of hydrogen-bond donors (Lipinski definition) is 2. The van der Waals surface area contributed by atoms with Gasteiger partial charge in [0.05, 0.1) is 33.3 Å². The molecule has 2 N–H and O–H groups in total. The number of carboxylic acid groups (broad SMARTS) is 1. The maximum atomic E-state index is 14.0. The molecule has 41 heavy (non-hydrogen) atoms. The standard InChI is InChI=1S/C25H25F6N5O5/c26-24(27,28)16-3-1-2-4-18(16)32-23(39)35-11-9-34(10-12-35)20-14-19(33-7-5-15(6-8-33)22(37)38)17(25(29,30)31)13-21(20)36(40)41/h1-4,13-15H,5-12H2,(H,32,39)(H,37,38). The molecule has 2 saturated heterocycles. The Morgan fingerprint density at radius 1 is 0.854 bits per heavy atom. The fraction of sp³-hybridized carbons (Fsp3) is 0.440. The first-order chi connectivity index (χ1) is 19.2. The number of carbonyl (C=O) groups excluding carboxylic acids is 1. The molecule has 2 fully saturated rings. The van der Waals surface area contributed by atoms with Crippen LogP contribution in [0.1, 0.15) is 24.0 Å². The number of hydrogen-bond acceptors (Lipinski definition) is 6. The Labute approximate surface area is 229 Å². The van der Waals surface area contributed by atoms with Crippen LogP contribution in [0.4, 0.5) is 53.9 Å². The molecule has 0 unspecified atom stereocenters. The van der Waals surface area contributed by atoms with E-state index in [9.17, 15) is 51.2 Å². The maximum absolute atomic E-state index is 14.0. The lowest BCUT2D eigenvalue weighted by atomic mass is 9.95. The zero-order valence-corrected chi connectivity index (χ0v) is 21.3. The summed E-state index contributed by atoms with van der Waals surface area (Å²) in [5.74, 6) is -1.76. The van der Waals surface area contributed by atoms with Crippen molar-refractivity contribution in [3.05, 3.63) is 57.6 Å². The van der Waals surface area contributed by atoms with Gasteiger partial charge in [0.25, 0.3) is 5.69 Å². The molecule has 10 nitrogen and oxygen atoms in total. The Hall–Kier alpha value is -4.24. The van der Waals surface area contributed by atoms with Gasteiger partial charge in [-0.05, 0) is 31.0 Å². The highest BCUT2D eigenvalue weighted by molar-refractivity contribution is 5.90. The monoisotopic (exact) mass is 589 g/mol. The number of aliphatic carboxylic acids is 1. The molecular formula is C25H25F6N5O5. The predicted molar refractivity (Wildman–Crippen MR) is 135 cm³/mol. The first-order valence-corrected chi connectivity index (χ1v) is 12.5. The Balaban J connectivity index is 1.56. The number of nitrogens with zero attached hydrogens (tertiary/aromatic N) is 4. The number of urea groups is 1. The van der Waals surface area contributed by atoms with Gasteiger partial charge in [-0.15, -0.1) is 0 Å². The molecule has 16 heteroatoms. The van der Waals surface area contributed by atoms with Crippen LogP contribution in [-0.2, 0) is 17.1 Å². The van der Waals surface area contributed by atoms with Crippen LogP contribution in [0.25, 0.3) is 0 Å². The van der Waals surface area contributed by atoms with Gasteiger partial charge in [-0.25, -0.2) is 4.79 Å². The van der Waals surface area contributed by atoms with E-state index in [4.69, 9.17) is 0 Å². The molecule has 0 aromatic heterocycles. The number of alkyl halides is 6. The number of amides is 2. The summed E-state index contributed by atoms with van der Waals surface area (Å²) in [6, 6.07) is 5.12. The van der Waals surface area contributed by atoms with Crippen molar-refractivity contribution in [3.63, 3.8) is 0 Å². The smallest absolute Gasteiger partial charge is 0.418 e. The van der Waals surface area contributed by atoms with Crippen molar-refractivity contribution in [3.8, 4) is 0 Å². The van der Waals surface area contributed by atoms with Gasteiger partial charge in [0.15, 0.2) is 0 Å². The van der Waals surface area contributed by atoms with Crippen LogP contribution in [0, 0.1) is 16.0 Å². The van der Waals surface area contributed by atoms with Crippen molar-refractivity contribution in [2.45, 2.75) is 25.2 Å². The largest absolute Gasteiger partial charge is 0.481 e. The molecule has 0 radical (unpaired) electrons. The summed E-state index contributed by atoms with van der Waals surface area (Å²) in [5, 5.41) is 23.2. The van der Waals surface area contributed by atoms with Crippen molar-refractivity contribution in [2.75, 3.05) is 54.4 Å². The summed E-state index contributed by atoms with van der Waals surface area (Å²) >= 11 is 0. The average molecular weight is 589 g/mol. The molecule has 2 heterocycles. The Morgan fingerprint density at radius 3 is 1.95 bits per heavy atom. The van der Waals surface area contributed by atoms with Gasteiger partial charge in [-0.3, -0.25) is 14.9 Å². The number of nitrogens with one attached hydrogen (secondary N) is 1. The number of para-hydroxylation sites is 1. The van der Waals surface area contributed by atoms with Crippen LogP contribution >= 0.6 is 0 Å². The maximum Gasteiger partial charge on any atom is 0.418 e. The number of nitro benzene ring substituents is 1. The molecule has 2 aromatic carbocycles. The van der Waals surface area contributed by atoms with Crippen LogP contribution in [-0.4, -0.2) is 66.2 Å². The molecule has 0 aliphatic carbocycles. The molecule has 2 amide bonds. The highest BCUT2D eigenvalue weighted by Crippen LogP contribution is 2.44. The van der Waals surface area contributed by atoms with Crippen LogP contribution < -0.4 is 15.1 Å². The molecule has 2 aromatic rings. The third-order valence-corrected chi connectivity index (χ3v) is 7.16. The fourth-order valence-corrected chi connectivity index (χ4v) is 5.01. The number of carbonyl (C=O) groups is 2. The minimum atomic E-state index is -4.92. The molecule has 222 valence electrons. The van der Waals surface area contributed by atoms with E-state index >= 15 is 0 Å². The van der Waals surface area contributed by atoms with Gasteiger partial charge in [-0.1, -0.05) is 12.1 Å².